The van der Waals surface area contributed by atoms with Gasteiger partial charge in [-0.2, -0.15) is 0 Å². The van der Waals surface area contributed by atoms with Crippen molar-refractivity contribution in [2.24, 2.45) is 5.92 Å². The average molecular weight is 279 g/mol. The second kappa shape index (κ2) is 6.91. The van der Waals surface area contributed by atoms with Crippen LogP contribution in [0, 0.1) is 5.92 Å². The Morgan fingerprint density at radius 2 is 1.67 bits per heavy atom. The molecule has 2 unspecified atom stereocenters. The molecule has 1 aliphatic heterocycles. The van der Waals surface area contributed by atoms with Crippen molar-refractivity contribution in [1.29, 1.82) is 0 Å². The Morgan fingerprint density at radius 1 is 0.952 bits per heavy atom. The average Bonchev–Trinajstić information content (AvgIpc) is 2.57. The largest absolute Gasteiger partial charge is 0.316 e. The van der Waals surface area contributed by atoms with E-state index in [-0.39, 0.29) is 0 Å². The highest BCUT2D eigenvalue weighted by Gasteiger charge is 2.25. The highest BCUT2D eigenvalue weighted by Crippen LogP contribution is 2.34. The number of rotatable bonds is 4. The topological polar surface area (TPSA) is 12.0 Å². The summed E-state index contributed by atoms with van der Waals surface area (Å²) >= 11 is 0. The van der Waals surface area contributed by atoms with Crippen molar-refractivity contribution in [3.63, 3.8) is 0 Å². The Labute approximate surface area is 128 Å². The van der Waals surface area contributed by atoms with Crippen molar-refractivity contribution in [1.82, 2.24) is 5.32 Å². The molecule has 1 heteroatoms. The van der Waals surface area contributed by atoms with Gasteiger partial charge in [-0.05, 0) is 54.5 Å². The third kappa shape index (κ3) is 3.36. The van der Waals surface area contributed by atoms with E-state index in [0.29, 0.717) is 0 Å². The van der Waals surface area contributed by atoms with Crippen LogP contribution in [0.1, 0.15) is 37.7 Å². The lowest BCUT2D eigenvalue weighted by atomic mass is 9.78. The molecule has 1 fully saturated rings. The molecule has 110 valence electrons. The lowest BCUT2D eigenvalue weighted by Crippen LogP contribution is -2.35. The lowest BCUT2D eigenvalue weighted by molar-refractivity contribution is 0.307. The van der Waals surface area contributed by atoms with Gasteiger partial charge in [0.2, 0.25) is 0 Å². The van der Waals surface area contributed by atoms with Crippen LogP contribution >= 0.6 is 0 Å². The van der Waals surface area contributed by atoms with Crippen molar-refractivity contribution < 1.29 is 0 Å². The van der Waals surface area contributed by atoms with Crippen molar-refractivity contribution in [2.75, 3.05) is 13.1 Å². The lowest BCUT2D eigenvalue weighted by Gasteiger charge is -2.32. The number of piperidine rings is 1. The maximum Gasteiger partial charge on any atom is -0.00147 e. The van der Waals surface area contributed by atoms with Gasteiger partial charge >= 0.3 is 0 Å². The summed E-state index contributed by atoms with van der Waals surface area (Å²) in [6.45, 7) is 4.63. The quantitative estimate of drug-likeness (QED) is 0.844. The summed E-state index contributed by atoms with van der Waals surface area (Å²) in [5, 5.41) is 3.56. The van der Waals surface area contributed by atoms with E-state index in [1.165, 1.54) is 42.5 Å². The summed E-state index contributed by atoms with van der Waals surface area (Å²) in [5.41, 5.74) is 4.15. The predicted octanol–water partition coefficient (Wildman–Crippen LogP) is 4.85. The molecule has 0 bridgehead atoms. The highest BCUT2D eigenvalue weighted by atomic mass is 14.9. The van der Waals surface area contributed by atoms with Gasteiger partial charge in [-0.25, -0.2) is 0 Å². The van der Waals surface area contributed by atoms with E-state index in [1.54, 1.807) is 0 Å². The standard InChI is InChI=1S/C20H25N/c1-2-6-19-15-21-14-13-20(19)18-11-9-17(10-12-18)16-7-4-3-5-8-16/h3-5,7-12,19-21H,2,6,13-15H2,1H3. The van der Waals surface area contributed by atoms with Crippen LogP contribution in [0.2, 0.25) is 0 Å². The molecule has 2 aromatic rings. The van der Waals surface area contributed by atoms with Gasteiger partial charge in [-0.15, -0.1) is 0 Å². The van der Waals surface area contributed by atoms with Gasteiger partial charge < -0.3 is 5.32 Å². The summed E-state index contributed by atoms with van der Waals surface area (Å²) in [4.78, 5) is 0. The molecule has 2 atom stereocenters. The van der Waals surface area contributed by atoms with E-state index in [1.807, 2.05) is 0 Å². The van der Waals surface area contributed by atoms with Crippen LogP contribution in [0.5, 0.6) is 0 Å². The summed E-state index contributed by atoms with van der Waals surface area (Å²) in [6, 6.07) is 19.9. The zero-order valence-electron chi connectivity index (χ0n) is 12.9. The van der Waals surface area contributed by atoms with Crippen LogP contribution in [-0.4, -0.2) is 13.1 Å². The van der Waals surface area contributed by atoms with Crippen molar-refractivity contribution in [3.8, 4) is 11.1 Å². The molecule has 21 heavy (non-hydrogen) atoms. The molecule has 0 saturated carbocycles. The highest BCUT2D eigenvalue weighted by molar-refractivity contribution is 5.63. The maximum absolute atomic E-state index is 3.56. The summed E-state index contributed by atoms with van der Waals surface area (Å²) in [5.74, 6) is 1.53. The van der Waals surface area contributed by atoms with Gasteiger partial charge in [-0.1, -0.05) is 67.9 Å². The van der Waals surface area contributed by atoms with Gasteiger partial charge in [0.15, 0.2) is 0 Å². The fourth-order valence-electron chi connectivity index (χ4n) is 3.59. The molecule has 1 aliphatic rings. The summed E-state index contributed by atoms with van der Waals surface area (Å²) < 4.78 is 0. The van der Waals surface area contributed by atoms with Crippen molar-refractivity contribution in [2.45, 2.75) is 32.1 Å². The number of benzene rings is 2. The molecule has 0 radical (unpaired) electrons. The van der Waals surface area contributed by atoms with Gasteiger partial charge in [0.1, 0.15) is 0 Å². The first kappa shape index (κ1) is 14.3. The third-order valence-electron chi connectivity index (χ3n) is 4.71. The summed E-state index contributed by atoms with van der Waals surface area (Å²) in [7, 11) is 0. The van der Waals surface area contributed by atoms with Gasteiger partial charge in [0.05, 0.1) is 0 Å². The van der Waals surface area contributed by atoms with Crippen LogP contribution in [-0.2, 0) is 0 Å². The monoisotopic (exact) mass is 279 g/mol. The maximum atomic E-state index is 3.56. The van der Waals surface area contributed by atoms with Crippen LogP contribution in [0.15, 0.2) is 54.6 Å². The Hall–Kier alpha value is -1.60. The Morgan fingerprint density at radius 3 is 2.38 bits per heavy atom. The minimum atomic E-state index is 0.732. The molecule has 1 heterocycles. The zero-order chi connectivity index (χ0) is 14.5. The fourth-order valence-corrected chi connectivity index (χ4v) is 3.59. The van der Waals surface area contributed by atoms with E-state index < -0.39 is 0 Å². The normalized spacial score (nSPS) is 22.1. The fraction of sp³-hybridized carbons (Fsp3) is 0.400. The molecule has 1 saturated heterocycles. The second-order valence-corrected chi connectivity index (χ2v) is 6.14. The van der Waals surface area contributed by atoms with Gasteiger partial charge in [0, 0.05) is 0 Å². The number of hydrogen-bond donors (Lipinski definition) is 1. The third-order valence-corrected chi connectivity index (χ3v) is 4.71. The molecule has 2 aromatic carbocycles. The zero-order valence-corrected chi connectivity index (χ0v) is 12.9. The van der Waals surface area contributed by atoms with E-state index in [2.05, 4.69) is 66.8 Å². The van der Waals surface area contributed by atoms with Crippen LogP contribution in [0.4, 0.5) is 0 Å². The number of hydrogen-bond acceptors (Lipinski definition) is 1. The molecule has 0 aliphatic carbocycles. The summed E-state index contributed by atoms with van der Waals surface area (Å²) in [6.07, 6.45) is 3.89. The molecular formula is C20H25N. The molecule has 3 rings (SSSR count). The van der Waals surface area contributed by atoms with Gasteiger partial charge in [0.25, 0.3) is 0 Å². The Kier molecular flexibility index (Phi) is 4.72. The van der Waals surface area contributed by atoms with Crippen LogP contribution < -0.4 is 5.32 Å². The smallest absolute Gasteiger partial charge is 0.00147 e. The first-order valence-electron chi connectivity index (χ1n) is 8.24. The molecule has 1 nitrogen and oxygen atoms in total. The number of nitrogens with one attached hydrogen (secondary N) is 1. The van der Waals surface area contributed by atoms with E-state index >= 15 is 0 Å². The Balaban J connectivity index is 1.79. The van der Waals surface area contributed by atoms with Crippen molar-refractivity contribution >= 4 is 0 Å². The molecule has 0 aromatic heterocycles. The van der Waals surface area contributed by atoms with Crippen LogP contribution in [0.3, 0.4) is 0 Å². The molecule has 0 amide bonds. The van der Waals surface area contributed by atoms with E-state index in [4.69, 9.17) is 0 Å². The van der Waals surface area contributed by atoms with E-state index in [9.17, 15) is 0 Å². The van der Waals surface area contributed by atoms with Gasteiger partial charge in [-0.3, -0.25) is 0 Å². The first-order chi connectivity index (χ1) is 10.4. The molecule has 0 spiro atoms. The molecule has 1 N–H and O–H groups in total. The Bertz CT molecular complexity index is 542. The second-order valence-electron chi connectivity index (χ2n) is 6.14. The van der Waals surface area contributed by atoms with Crippen molar-refractivity contribution in [3.05, 3.63) is 60.2 Å². The van der Waals surface area contributed by atoms with E-state index in [0.717, 1.165) is 18.4 Å². The van der Waals surface area contributed by atoms with Crippen LogP contribution in [0.25, 0.3) is 11.1 Å². The first-order valence-corrected chi connectivity index (χ1v) is 8.24. The SMILES string of the molecule is CCCC1CNCCC1c1ccc(-c2ccccc2)cc1. The predicted molar refractivity (Wildman–Crippen MR) is 90.5 cm³/mol. The minimum Gasteiger partial charge on any atom is -0.316 e. The minimum absolute atomic E-state index is 0.732. The molecular weight excluding hydrogens is 254 g/mol.